The van der Waals surface area contributed by atoms with E-state index in [1.54, 1.807) is 6.33 Å². The van der Waals surface area contributed by atoms with Crippen LogP contribution >= 0.6 is 0 Å². The molecular formula is C16H23N3O2. The summed E-state index contributed by atoms with van der Waals surface area (Å²) >= 11 is 0. The quantitative estimate of drug-likeness (QED) is 0.919. The summed E-state index contributed by atoms with van der Waals surface area (Å²) in [5, 5.41) is 0. The predicted molar refractivity (Wildman–Crippen MR) is 77.6 cm³/mol. The van der Waals surface area contributed by atoms with Crippen LogP contribution in [0.3, 0.4) is 0 Å². The average Bonchev–Trinajstić information content (AvgIpc) is 3.16. The average molecular weight is 289 g/mol. The summed E-state index contributed by atoms with van der Waals surface area (Å²) < 4.78 is 5.53. The number of aromatic nitrogens is 2. The van der Waals surface area contributed by atoms with Gasteiger partial charge < -0.3 is 14.6 Å². The normalized spacial score (nSPS) is 27.6. The van der Waals surface area contributed by atoms with Gasteiger partial charge in [0, 0.05) is 49.5 Å². The van der Waals surface area contributed by atoms with Gasteiger partial charge in [0.05, 0.1) is 6.33 Å². The maximum atomic E-state index is 12.5. The maximum Gasteiger partial charge on any atom is 0.223 e. The molecule has 1 aromatic heterocycles. The van der Waals surface area contributed by atoms with Gasteiger partial charge >= 0.3 is 0 Å². The van der Waals surface area contributed by atoms with E-state index >= 15 is 0 Å². The number of ether oxygens (including phenoxy) is 1. The van der Waals surface area contributed by atoms with Crippen LogP contribution in [0.1, 0.15) is 37.8 Å². The Morgan fingerprint density at radius 1 is 1.43 bits per heavy atom. The Kier molecular flexibility index (Phi) is 3.25. The highest BCUT2D eigenvalue weighted by Crippen LogP contribution is 2.55. The fourth-order valence-corrected chi connectivity index (χ4v) is 4.20. The van der Waals surface area contributed by atoms with Crippen LogP contribution in [0.2, 0.25) is 0 Å². The van der Waals surface area contributed by atoms with Crippen molar-refractivity contribution in [2.75, 3.05) is 19.8 Å². The van der Waals surface area contributed by atoms with Gasteiger partial charge in [-0.15, -0.1) is 0 Å². The molecule has 114 valence electrons. The second kappa shape index (κ2) is 5.13. The number of amides is 1. The number of carbonyl (C=O) groups excluding carboxylic acids is 1. The summed E-state index contributed by atoms with van der Waals surface area (Å²) in [6, 6.07) is 0.496. The number of rotatable bonds is 4. The van der Waals surface area contributed by atoms with Crippen LogP contribution in [0.4, 0.5) is 0 Å². The Balaban J connectivity index is 1.39. The van der Waals surface area contributed by atoms with E-state index in [2.05, 4.69) is 14.9 Å². The summed E-state index contributed by atoms with van der Waals surface area (Å²) in [4.78, 5) is 21.8. The van der Waals surface area contributed by atoms with Crippen LogP contribution in [0.25, 0.3) is 0 Å². The number of nitrogens with one attached hydrogen (secondary N) is 1. The molecule has 1 saturated carbocycles. The fourth-order valence-electron chi connectivity index (χ4n) is 4.20. The molecule has 0 radical (unpaired) electrons. The first-order chi connectivity index (χ1) is 10.3. The number of likely N-dealkylation sites (tertiary alicyclic amines) is 1. The lowest BCUT2D eigenvalue weighted by molar-refractivity contribution is -0.171. The molecule has 21 heavy (non-hydrogen) atoms. The third-order valence-electron chi connectivity index (χ3n) is 5.49. The molecule has 2 aliphatic heterocycles. The number of aromatic amines is 1. The standard InChI is InChI=1S/C16H23N3O2/c20-14(4-3-13-9-17-11-18-13)19-10-16(5-7-21-8-6-16)15(19)12-1-2-12/h9,11-12,15H,1-8,10H2,(H,17,18). The van der Waals surface area contributed by atoms with E-state index < -0.39 is 0 Å². The van der Waals surface area contributed by atoms with E-state index in [-0.39, 0.29) is 0 Å². The van der Waals surface area contributed by atoms with Crippen LogP contribution in [-0.2, 0) is 16.0 Å². The van der Waals surface area contributed by atoms with Gasteiger partial charge in [0.25, 0.3) is 0 Å². The topological polar surface area (TPSA) is 58.2 Å². The summed E-state index contributed by atoms with van der Waals surface area (Å²) in [5.41, 5.74) is 1.43. The molecule has 1 amide bonds. The van der Waals surface area contributed by atoms with Gasteiger partial charge in [0.15, 0.2) is 0 Å². The fraction of sp³-hybridized carbons (Fsp3) is 0.750. The molecule has 1 aliphatic carbocycles. The number of hydrogen-bond donors (Lipinski definition) is 1. The second-order valence-corrected chi connectivity index (χ2v) is 6.86. The Hall–Kier alpha value is -1.36. The third-order valence-corrected chi connectivity index (χ3v) is 5.49. The Bertz CT molecular complexity index is 504. The zero-order valence-electron chi connectivity index (χ0n) is 12.4. The minimum absolute atomic E-state index is 0.318. The highest BCUT2D eigenvalue weighted by molar-refractivity contribution is 5.78. The smallest absolute Gasteiger partial charge is 0.223 e. The number of hydrogen-bond acceptors (Lipinski definition) is 3. The third kappa shape index (κ3) is 2.37. The van der Waals surface area contributed by atoms with E-state index in [1.807, 2.05) is 6.20 Å². The lowest BCUT2D eigenvalue weighted by Gasteiger charge is -2.59. The molecule has 1 spiro atoms. The maximum absolute atomic E-state index is 12.5. The second-order valence-electron chi connectivity index (χ2n) is 6.86. The molecule has 3 fully saturated rings. The van der Waals surface area contributed by atoms with Crippen LogP contribution in [0.15, 0.2) is 12.5 Å². The summed E-state index contributed by atoms with van der Waals surface area (Å²) in [6.07, 6.45) is 9.72. The number of nitrogens with zero attached hydrogens (tertiary/aromatic N) is 2. The Morgan fingerprint density at radius 3 is 2.90 bits per heavy atom. The summed E-state index contributed by atoms with van der Waals surface area (Å²) in [5.74, 6) is 1.08. The van der Waals surface area contributed by atoms with Crippen molar-refractivity contribution >= 4 is 5.91 Å². The van der Waals surface area contributed by atoms with Crippen LogP contribution < -0.4 is 0 Å². The van der Waals surface area contributed by atoms with E-state index in [0.29, 0.717) is 23.8 Å². The van der Waals surface area contributed by atoms with Gasteiger partial charge in [0.2, 0.25) is 5.91 Å². The van der Waals surface area contributed by atoms with E-state index in [0.717, 1.165) is 50.6 Å². The highest BCUT2D eigenvalue weighted by Gasteiger charge is 2.59. The SMILES string of the molecule is O=C(CCc1cnc[nH]1)N1CC2(CCOCC2)C1C1CC1. The number of aryl methyl sites for hydroxylation is 1. The van der Waals surface area contributed by atoms with Crippen molar-refractivity contribution < 1.29 is 9.53 Å². The Morgan fingerprint density at radius 2 is 2.24 bits per heavy atom. The first-order valence-corrected chi connectivity index (χ1v) is 8.13. The van der Waals surface area contributed by atoms with Gasteiger partial charge in [-0.05, 0) is 38.0 Å². The van der Waals surface area contributed by atoms with Crippen molar-refractivity contribution in [3.8, 4) is 0 Å². The van der Waals surface area contributed by atoms with E-state index in [4.69, 9.17) is 4.74 Å². The van der Waals surface area contributed by atoms with Crippen molar-refractivity contribution in [1.29, 1.82) is 0 Å². The molecule has 2 saturated heterocycles. The summed E-state index contributed by atoms with van der Waals surface area (Å²) in [6.45, 7) is 2.71. The molecule has 3 heterocycles. The van der Waals surface area contributed by atoms with Gasteiger partial charge in [-0.25, -0.2) is 4.98 Å². The van der Waals surface area contributed by atoms with E-state index in [9.17, 15) is 4.79 Å². The minimum Gasteiger partial charge on any atom is -0.381 e. The van der Waals surface area contributed by atoms with Crippen molar-refractivity contribution in [3.63, 3.8) is 0 Å². The van der Waals surface area contributed by atoms with Crippen molar-refractivity contribution in [3.05, 3.63) is 18.2 Å². The van der Waals surface area contributed by atoms with E-state index in [1.165, 1.54) is 12.8 Å². The highest BCUT2D eigenvalue weighted by atomic mass is 16.5. The zero-order chi connectivity index (χ0) is 14.3. The molecule has 0 bridgehead atoms. The first-order valence-electron chi connectivity index (χ1n) is 8.13. The number of carbonyl (C=O) groups is 1. The number of imidazole rings is 1. The molecule has 3 aliphatic rings. The zero-order valence-corrected chi connectivity index (χ0v) is 12.4. The van der Waals surface area contributed by atoms with Gasteiger partial charge in [-0.2, -0.15) is 0 Å². The molecule has 5 nitrogen and oxygen atoms in total. The van der Waals surface area contributed by atoms with Crippen LogP contribution in [-0.4, -0.2) is 46.6 Å². The van der Waals surface area contributed by atoms with Crippen molar-refractivity contribution in [2.45, 2.75) is 44.6 Å². The predicted octanol–water partition coefficient (Wildman–Crippen LogP) is 1.76. The Labute approximate surface area is 125 Å². The minimum atomic E-state index is 0.318. The molecule has 4 rings (SSSR count). The first kappa shape index (κ1) is 13.3. The van der Waals surface area contributed by atoms with Crippen molar-refractivity contribution in [2.24, 2.45) is 11.3 Å². The van der Waals surface area contributed by atoms with Gasteiger partial charge in [0.1, 0.15) is 0 Å². The van der Waals surface area contributed by atoms with Crippen molar-refractivity contribution in [1.82, 2.24) is 14.9 Å². The lowest BCUT2D eigenvalue weighted by Crippen LogP contribution is -2.68. The molecular weight excluding hydrogens is 266 g/mol. The van der Waals surface area contributed by atoms with Gasteiger partial charge in [-0.1, -0.05) is 0 Å². The molecule has 1 aromatic rings. The molecule has 5 heteroatoms. The molecule has 1 atom stereocenters. The van der Waals surface area contributed by atoms with Gasteiger partial charge in [-0.3, -0.25) is 4.79 Å². The summed E-state index contributed by atoms with van der Waals surface area (Å²) in [7, 11) is 0. The molecule has 1 unspecified atom stereocenters. The molecule has 1 N–H and O–H groups in total. The monoisotopic (exact) mass is 289 g/mol. The van der Waals surface area contributed by atoms with Crippen LogP contribution in [0, 0.1) is 11.3 Å². The number of H-pyrrole nitrogens is 1. The van der Waals surface area contributed by atoms with Crippen LogP contribution in [0.5, 0.6) is 0 Å². The largest absolute Gasteiger partial charge is 0.381 e. The molecule has 0 aromatic carbocycles. The lowest BCUT2D eigenvalue weighted by atomic mass is 9.64.